The van der Waals surface area contributed by atoms with Crippen molar-refractivity contribution >= 4 is 56.3 Å². The summed E-state index contributed by atoms with van der Waals surface area (Å²) in [6, 6.07) is 8.19. The van der Waals surface area contributed by atoms with Crippen molar-refractivity contribution in [2.24, 2.45) is 0 Å². The average Bonchev–Trinajstić information content (AvgIpc) is 3.59. The molecule has 0 atom stereocenters. The fourth-order valence-electron chi connectivity index (χ4n) is 6.22. The van der Waals surface area contributed by atoms with E-state index in [0.717, 1.165) is 85.4 Å². The van der Waals surface area contributed by atoms with Gasteiger partial charge >= 0.3 is 11.9 Å². The van der Waals surface area contributed by atoms with Gasteiger partial charge < -0.3 is 20.2 Å². The summed E-state index contributed by atoms with van der Waals surface area (Å²) in [4.78, 5) is 40.3. The molecule has 8 bridgehead atoms. The van der Waals surface area contributed by atoms with Crippen LogP contribution in [0.5, 0.6) is 0 Å². The molecule has 0 aromatic carbocycles. The van der Waals surface area contributed by atoms with Crippen molar-refractivity contribution < 1.29 is 42.2 Å². The first kappa shape index (κ1) is 32.2. The van der Waals surface area contributed by atoms with E-state index in [0.29, 0.717) is 18.5 Å². The van der Waals surface area contributed by atoms with Gasteiger partial charge in [0.25, 0.3) is 0 Å². The van der Waals surface area contributed by atoms with Crippen molar-refractivity contribution in [3.05, 3.63) is 69.3 Å². The Kier molecular flexibility index (Phi) is 9.64. The van der Waals surface area contributed by atoms with Crippen LogP contribution in [0.15, 0.2) is 24.3 Å². The molecule has 2 aliphatic heterocycles. The molecule has 9 heteroatoms. The number of aromatic amines is 2. The summed E-state index contributed by atoms with van der Waals surface area (Å²) in [5.41, 5.74) is 15.4. The number of hydrogen-bond acceptors (Lipinski definition) is 4. The number of carbonyl (C=O) groups is 2. The summed E-state index contributed by atoms with van der Waals surface area (Å²) in [6.07, 6.45) is 2.39. The Hall–Kier alpha value is -3.72. The van der Waals surface area contributed by atoms with Crippen LogP contribution in [0, 0.1) is 13.8 Å². The van der Waals surface area contributed by atoms with Crippen LogP contribution in [-0.4, -0.2) is 42.1 Å². The topological polar surface area (TPSA) is 132 Å². The molecule has 229 valence electrons. The number of aliphatic carboxylic acids is 2. The normalized spacial score (nSPS) is 13.0. The molecule has 2 aliphatic rings. The largest absolute Gasteiger partial charge is 0.481 e. The first-order valence-corrected chi connectivity index (χ1v) is 14.6. The molecule has 0 amide bonds. The van der Waals surface area contributed by atoms with Gasteiger partial charge in [0.05, 0.1) is 22.8 Å². The van der Waals surface area contributed by atoms with Crippen LogP contribution in [0.3, 0.4) is 0 Å². The summed E-state index contributed by atoms with van der Waals surface area (Å²) in [6.45, 7) is 12.5. The van der Waals surface area contributed by atoms with Crippen molar-refractivity contribution in [3.8, 4) is 0 Å². The minimum atomic E-state index is -0.864. The number of allylic oxidation sites excluding steroid dienone is 4. The Morgan fingerprint density at radius 3 is 1.63 bits per heavy atom. The van der Waals surface area contributed by atoms with Gasteiger partial charge in [-0.25, -0.2) is 9.97 Å². The molecule has 3 aromatic heterocycles. The van der Waals surface area contributed by atoms with Crippen LogP contribution < -0.4 is 0 Å². The van der Waals surface area contributed by atoms with Crippen molar-refractivity contribution in [1.82, 2.24) is 19.9 Å². The van der Waals surface area contributed by atoms with Crippen LogP contribution in [-0.2, 0) is 44.8 Å². The number of nitrogens with one attached hydrogen (secondary N) is 2. The number of aromatic nitrogens is 4. The van der Waals surface area contributed by atoms with Gasteiger partial charge in [-0.3, -0.25) is 9.59 Å². The number of nitrogens with zero attached hydrogens (tertiary/aromatic N) is 2. The van der Waals surface area contributed by atoms with Gasteiger partial charge in [-0.2, -0.15) is 0 Å². The van der Waals surface area contributed by atoms with Crippen LogP contribution in [0.2, 0.25) is 0 Å². The van der Waals surface area contributed by atoms with Gasteiger partial charge in [0.15, 0.2) is 0 Å². The maximum Gasteiger partial charge on any atom is 0.303 e. The fraction of sp³-hybridized carbons (Fsp3) is 0.353. The second-order valence-corrected chi connectivity index (χ2v) is 11.2. The third-order valence-corrected chi connectivity index (χ3v) is 8.69. The van der Waals surface area contributed by atoms with E-state index in [9.17, 15) is 19.8 Å². The SMILES string of the molecule is CCC1=C(C)c2cc3[nH]c(cc4nc(cc5[nH]c(cc1n2)c(C)c5CCC(=O)O)C(CCC(=O)O)=C4C)c(C)c3CC.[Au]. The molecular weight excluding hydrogens is 725 g/mol. The zero-order chi connectivity index (χ0) is 30.3. The Morgan fingerprint density at radius 2 is 1.07 bits per heavy atom. The molecule has 1 radical (unpaired) electrons. The third kappa shape index (κ3) is 6.18. The molecule has 0 saturated heterocycles. The predicted octanol–water partition coefficient (Wildman–Crippen LogP) is 7.64. The van der Waals surface area contributed by atoms with E-state index in [1.54, 1.807) is 0 Å². The standard InChI is InChI=1S/C34H38N4O4.Au/c1-7-21-17(3)25-13-26-19(5)23(9-11-33(39)40)31(37-26)16-32-24(10-12-34(41)42)20(6)28(38-32)15-30-22(8-2)18(4)27(36-30)14-29(21)35-25;/h13-16,35,38H,7-12H2,1-6H3,(H,39,40)(H,41,42);. The summed E-state index contributed by atoms with van der Waals surface area (Å²) >= 11 is 0. The van der Waals surface area contributed by atoms with Gasteiger partial charge in [-0.05, 0) is 122 Å². The van der Waals surface area contributed by atoms with Crippen molar-refractivity contribution in [3.63, 3.8) is 0 Å². The molecule has 0 unspecified atom stereocenters. The number of rotatable bonds is 8. The van der Waals surface area contributed by atoms with E-state index in [1.807, 2.05) is 26.0 Å². The van der Waals surface area contributed by atoms with E-state index in [2.05, 4.69) is 49.8 Å². The third-order valence-electron chi connectivity index (χ3n) is 8.69. The molecule has 0 aliphatic carbocycles. The van der Waals surface area contributed by atoms with Gasteiger partial charge in [-0.1, -0.05) is 13.8 Å². The summed E-state index contributed by atoms with van der Waals surface area (Å²) < 4.78 is 0. The van der Waals surface area contributed by atoms with Crippen molar-refractivity contribution in [2.45, 2.75) is 80.1 Å². The average molecular weight is 764 g/mol. The summed E-state index contributed by atoms with van der Waals surface area (Å²) in [5, 5.41) is 18.9. The molecule has 5 rings (SSSR count). The molecule has 0 fully saturated rings. The Bertz CT molecular complexity index is 1860. The quantitative estimate of drug-likeness (QED) is 0.175. The molecule has 8 nitrogen and oxygen atoms in total. The number of carboxylic acids is 2. The zero-order valence-corrected chi connectivity index (χ0v) is 27.6. The van der Waals surface area contributed by atoms with Crippen molar-refractivity contribution in [2.75, 3.05) is 0 Å². The molecule has 0 spiro atoms. The van der Waals surface area contributed by atoms with E-state index in [4.69, 9.17) is 9.97 Å². The predicted molar refractivity (Wildman–Crippen MR) is 168 cm³/mol. The van der Waals surface area contributed by atoms with Crippen LogP contribution in [0.4, 0.5) is 0 Å². The molecule has 5 heterocycles. The van der Waals surface area contributed by atoms with Crippen molar-refractivity contribution in [1.29, 1.82) is 0 Å². The maximum atomic E-state index is 11.5. The zero-order valence-electron chi connectivity index (χ0n) is 25.5. The van der Waals surface area contributed by atoms with Crippen LogP contribution >= 0.6 is 0 Å². The number of carboxylic acid groups (broad SMARTS) is 2. The molecule has 3 aromatic rings. The van der Waals surface area contributed by atoms with Gasteiger partial charge in [0, 0.05) is 57.3 Å². The number of fused-ring (bicyclic) bond motifs is 8. The van der Waals surface area contributed by atoms with Gasteiger partial charge in [0.2, 0.25) is 0 Å². The molecule has 43 heavy (non-hydrogen) atoms. The van der Waals surface area contributed by atoms with Crippen LogP contribution in [0.25, 0.3) is 44.4 Å². The molecular formula is C34H38AuN4O4. The minimum Gasteiger partial charge on any atom is -0.481 e. The number of hydrogen-bond donors (Lipinski definition) is 4. The smallest absolute Gasteiger partial charge is 0.303 e. The van der Waals surface area contributed by atoms with E-state index in [-0.39, 0.29) is 35.2 Å². The monoisotopic (exact) mass is 763 g/mol. The maximum absolute atomic E-state index is 11.5. The number of aryl methyl sites for hydroxylation is 4. The van der Waals surface area contributed by atoms with Gasteiger partial charge in [-0.15, -0.1) is 0 Å². The van der Waals surface area contributed by atoms with Crippen LogP contribution in [0.1, 0.15) is 98.4 Å². The second kappa shape index (κ2) is 12.9. The second-order valence-electron chi connectivity index (χ2n) is 11.2. The molecule has 0 saturated carbocycles. The van der Waals surface area contributed by atoms with E-state index < -0.39 is 11.9 Å². The molecule has 4 N–H and O–H groups in total. The minimum absolute atomic E-state index is 0. The number of H-pyrrole nitrogens is 2. The Balaban J connectivity index is 0.00000423. The Morgan fingerprint density at radius 1 is 0.628 bits per heavy atom. The Labute approximate surface area is 266 Å². The van der Waals surface area contributed by atoms with Gasteiger partial charge in [0.1, 0.15) is 0 Å². The first-order chi connectivity index (χ1) is 20.0. The fourth-order valence-corrected chi connectivity index (χ4v) is 6.22. The summed E-state index contributed by atoms with van der Waals surface area (Å²) in [7, 11) is 0. The van der Waals surface area contributed by atoms with E-state index >= 15 is 0 Å². The van der Waals surface area contributed by atoms with E-state index in [1.165, 1.54) is 11.1 Å². The summed E-state index contributed by atoms with van der Waals surface area (Å²) in [5.74, 6) is -1.72. The first-order valence-electron chi connectivity index (χ1n) is 14.6.